The Balaban J connectivity index is 2.51. The Morgan fingerprint density at radius 1 is 1.44 bits per heavy atom. The lowest BCUT2D eigenvalue weighted by atomic mass is 10.2. The Bertz CT molecular complexity index is 333. The standard InChI is InChI=1S/C12H17NO3/c1-3-16-11-6-4-10(5-7-11)13-12(15)8-9(2)14/h4-7,9,14H,3,8H2,1-2H3,(H,13,15)/t9-/m1/s1. The molecule has 0 heterocycles. The molecule has 0 bridgehead atoms. The van der Waals surface area contributed by atoms with Gasteiger partial charge in [0.05, 0.1) is 19.1 Å². The van der Waals surface area contributed by atoms with Crippen LogP contribution in [0.3, 0.4) is 0 Å². The number of aliphatic hydroxyl groups is 1. The van der Waals surface area contributed by atoms with Gasteiger partial charge >= 0.3 is 0 Å². The highest BCUT2D eigenvalue weighted by molar-refractivity contribution is 5.90. The van der Waals surface area contributed by atoms with Crippen molar-refractivity contribution in [1.29, 1.82) is 0 Å². The van der Waals surface area contributed by atoms with E-state index < -0.39 is 6.10 Å². The summed E-state index contributed by atoms with van der Waals surface area (Å²) < 4.78 is 5.28. The van der Waals surface area contributed by atoms with E-state index in [9.17, 15) is 4.79 Å². The molecule has 0 aliphatic rings. The largest absolute Gasteiger partial charge is 0.494 e. The molecule has 0 fully saturated rings. The fourth-order valence-electron chi connectivity index (χ4n) is 1.28. The Labute approximate surface area is 95.2 Å². The van der Waals surface area contributed by atoms with Crippen molar-refractivity contribution in [2.45, 2.75) is 26.4 Å². The van der Waals surface area contributed by atoms with Crippen molar-refractivity contribution in [3.05, 3.63) is 24.3 Å². The number of hydrogen-bond acceptors (Lipinski definition) is 3. The molecular formula is C12H17NO3. The fourth-order valence-corrected chi connectivity index (χ4v) is 1.28. The Kier molecular flexibility index (Phi) is 4.79. The van der Waals surface area contributed by atoms with Gasteiger partial charge in [0.2, 0.25) is 5.91 Å². The van der Waals surface area contributed by atoms with Crippen molar-refractivity contribution in [2.75, 3.05) is 11.9 Å². The first kappa shape index (κ1) is 12.5. The minimum absolute atomic E-state index is 0.104. The van der Waals surface area contributed by atoms with E-state index in [1.165, 1.54) is 0 Å². The second kappa shape index (κ2) is 6.12. The van der Waals surface area contributed by atoms with E-state index in [4.69, 9.17) is 9.84 Å². The average Bonchev–Trinajstić information content (AvgIpc) is 2.20. The Morgan fingerprint density at radius 3 is 2.56 bits per heavy atom. The summed E-state index contributed by atoms with van der Waals surface area (Å²) in [5, 5.41) is 11.7. The van der Waals surface area contributed by atoms with Crippen molar-refractivity contribution in [3.8, 4) is 5.75 Å². The second-order valence-corrected chi connectivity index (χ2v) is 3.56. The van der Waals surface area contributed by atoms with E-state index in [0.717, 1.165) is 5.75 Å². The molecule has 0 saturated heterocycles. The third-order valence-electron chi connectivity index (χ3n) is 1.93. The maximum absolute atomic E-state index is 11.3. The predicted molar refractivity (Wildman–Crippen MR) is 62.5 cm³/mol. The van der Waals surface area contributed by atoms with Crippen LogP contribution in [0.2, 0.25) is 0 Å². The molecule has 0 saturated carbocycles. The quantitative estimate of drug-likeness (QED) is 0.800. The van der Waals surface area contributed by atoms with E-state index in [2.05, 4.69) is 5.32 Å². The average molecular weight is 223 g/mol. The molecule has 0 unspecified atom stereocenters. The van der Waals surface area contributed by atoms with Gasteiger partial charge in [0.25, 0.3) is 0 Å². The van der Waals surface area contributed by atoms with Crippen LogP contribution in [0.15, 0.2) is 24.3 Å². The van der Waals surface area contributed by atoms with Crippen molar-refractivity contribution >= 4 is 11.6 Å². The molecule has 1 amide bonds. The molecule has 1 rings (SSSR count). The molecular weight excluding hydrogens is 206 g/mol. The van der Waals surface area contributed by atoms with Gasteiger partial charge in [-0.15, -0.1) is 0 Å². The maximum Gasteiger partial charge on any atom is 0.226 e. The first-order chi connectivity index (χ1) is 7.61. The van der Waals surface area contributed by atoms with Crippen LogP contribution in [0.25, 0.3) is 0 Å². The summed E-state index contributed by atoms with van der Waals surface area (Å²) in [7, 11) is 0. The molecule has 4 heteroatoms. The third kappa shape index (κ3) is 4.31. The first-order valence-corrected chi connectivity index (χ1v) is 5.32. The van der Waals surface area contributed by atoms with Crippen LogP contribution < -0.4 is 10.1 Å². The zero-order valence-corrected chi connectivity index (χ0v) is 9.56. The highest BCUT2D eigenvalue weighted by Gasteiger charge is 2.06. The van der Waals surface area contributed by atoms with Crippen LogP contribution in [0.5, 0.6) is 5.75 Å². The number of aliphatic hydroxyl groups excluding tert-OH is 1. The summed E-state index contributed by atoms with van der Waals surface area (Å²) in [4.78, 5) is 11.3. The normalized spacial score (nSPS) is 11.9. The van der Waals surface area contributed by atoms with E-state index in [1.807, 2.05) is 6.92 Å². The van der Waals surface area contributed by atoms with Crippen LogP contribution in [0.1, 0.15) is 20.3 Å². The topological polar surface area (TPSA) is 58.6 Å². The first-order valence-electron chi connectivity index (χ1n) is 5.32. The number of anilines is 1. The lowest BCUT2D eigenvalue weighted by Gasteiger charge is -2.08. The van der Waals surface area contributed by atoms with E-state index in [1.54, 1.807) is 31.2 Å². The van der Waals surface area contributed by atoms with Crippen molar-refractivity contribution in [2.24, 2.45) is 0 Å². The summed E-state index contributed by atoms with van der Waals surface area (Å²) in [6, 6.07) is 7.12. The van der Waals surface area contributed by atoms with Gasteiger partial charge in [0, 0.05) is 5.69 Å². The summed E-state index contributed by atoms with van der Waals surface area (Å²) in [5.41, 5.74) is 0.703. The minimum Gasteiger partial charge on any atom is -0.494 e. The van der Waals surface area contributed by atoms with E-state index >= 15 is 0 Å². The Hall–Kier alpha value is -1.55. The minimum atomic E-state index is -0.623. The molecule has 0 spiro atoms. The molecule has 88 valence electrons. The van der Waals surface area contributed by atoms with Gasteiger partial charge in [0.15, 0.2) is 0 Å². The molecule has 1 atom stereocenters. The molecule has 2 N–H and O–H groups in total. The van der Waals surface area contributed by atoms with Crippen molar-refractivity contribution < 1.29 is 14.6 Å². The Morgan fingerprint density at radius 2 is 2.06 bits per heavy atom. The molecule has 4 nitrogen and oxygen atoms in total. The SMILES string of the molecule is CCOc1ccc(NC(=O)C[C@@H](C)O)cc1. The van der Waals surface area contributed by atoms with Crippen LogP contribution in [0, 0.1) is 0 Å². The number of carbonyl (C=O) groups is 1. The third-order valence-corrected chi connectivity index (χ3v) is 1.93. The summed E-state index contributed by atoms with van der Waals surface area (Å²) in [6.07, 6.45) is -0.518. The highest BCUT2D eigenvalue weighted by Crippen LogP contribution is 2.15. The van der Waals surface area contributed by atoms with Crippen molar-refractivity contribution in [3.63, 3.8) is 0 Å². The highest BCUT2D eigenvalue weighted by atomic mass is 16.5. The number of nitrogens with one attached hydrogen (secondary N) is 1. The number of benzene rings is 1. The number of ether oxygens (including phenoxy) is 1. The maximum atomic E-state index is 11.3. The summed E-state index contributed by atoms with van der Waals surface area (Å²) in [6.45, 7) is 4.11. The van der Waals surface area contributed by atoms with Crippen molar-refractivity contribution in [1.82, 2.24) is 0 Å². The van der Waals surface area contributed by atoms with E-state index in [-0.39, 0.29) is 12.3 Å². The summed E-state index contributed by atoms with van der Waals surface area (Å²) >= 11 is 0. The van der Waals surface area contributed by atoms with Gasteiger partial charge in [-0.3, -0.25) is 4.79 Å². The van der Waals surface area contributed by atoms with Gasteiger partial charge in [-0.1, -0.05) is 0 Å². The van der Waals surface area contributed by atoms with Gasteiger partial charge in [0.1, 0.15) is 5.75 Å². The zero-order chi connectivity index (χ0) is 12.0. The monoisotopic (exact) mass is 223 g/mol. The second-order valence-electron chi connectivity index (χ2n) is 3.56. The van der Waals surface area contributed by atoms with Crippen LogP contribution in [0.4, 0.5) is 5.69 Å². The molecule has 0 radical (unpaired) electrons. The van der Waals surface area contributed by atoms with Gasteiger partial charge in [-0.2, -0.15) is 0 Å². The van der Waals surface area contributed by atoms with E-state index in [0.29, 0.717) is 12.3 Å². The molecule has 0 aromatic heterocycles. The number of carbonyl (C=O) groups excluding carboxylic acids is 1. The lowest BCUT2D eigenvalue weighted by Crippen LogP contribution is -2.17. The number of rotatable bonds is 5. The molecule has 1 aromatic carbocycles. The summed E-state index contributed by atoms with van der Waals surface area (Å²) in [5.74, 6) is 0.579. The number of amides is 1. The van der Waals surface area contributed by atoms with Crippen LogP contribution in [-0.2, 0) is 4.79 Å². The van der Waals surface area contributed by atoms with Gasteiger partial charge < -0.3 is 15.2 Å². The zero-order valence-electron chi connectivity index (χ0n) is 9.56. The van der Waals surface area contributed by atoms with Crippen LogP contribution in [-0.4, -0.2) is 23.7 Å². The molecule has 0 aliphatic heterocycles. The predicted octanol–water partition coefficient (Wildman–Crippen LogP) is 1.79. The fraction of sp³-hybridized carbons (Fsp3) is 0.417. The smallest absolute Gasteiger partial charge is 0.226 e. The lowest BCUT2D eigenvalue weighted by molar-refractivity contribution is -0.117. The molecule has 0 aliphatic carbocycles. The molecule has 1 aromatic rings. The molecule has 16 heavy (non-hydrogen) atoms. The number of hydrogen-bond donors (Lipinski definition) is 2. The van der Waals surface area contributed by atoms with Gasteiger partial charge in [-0.25, -0.2) is 0 Å². The van der Waals surface area contributed by atoms with Crippen LogP contribution >= 0.6 is 0 Å². The van der Waals surface area contributed by atoms with Gasteiger partial charge in [-0.05, 0) is 38.1 Å².